The van der Waals surface area contributed by atoms with Crippen molar-refractivity contribution < 1.29 is 13.2 Å². The molecule has 0 aromatic heterocycles. The van der Waals surface area contributed by atoms with Crippen LogP contribution < -0.4 is 9.88 Å². The van der Waals surface area contributed by atoms with E-state index >= 15 is 0 Å². The summed E-state index contributed by atoms with van der Waals surface area (Å²) in [5.74, 6) is 0.664. The van der Waals surface area contributed by atoms with Gasteiger partial charge < -0.3 is 4.74 Å². The summed E-state index contributed by atoms with van der Waals surface area (Å²) in [7, 11) is -3.40. The first-order chi connectivity index (χ1) is 8.94. The average molecular weight is 344 g/mol. The number of hydrogen-bond acceptors (Lipinski definition) is 3. The highest BCUT2D eigenvalue weighted by Crippen LogP contribution is 2.24. The van der Waals surface area contributed by atoms with E-state index in [2.05, 4.69) is 15.9 Å². The van der Waals surface area contributed by atoms with Crippen molar-refractivity contribution in [3.8, 4) is 5.75 Å². The standard InChI is InChI=1S/C13H14BrNO3S/c14-12-4-2-11-9-13(5-3-10(11)8-12)18-6-1-7-19(15,16)17/h2-5,8-9H,1,6-7H2,(H2,15,16,17). The summed E-state index contributed by atoms with van der Waals surface area (Å²) in [4.78, 5) is 0. The summed E-state index contributed by atoms with van der Waals surface area (Å²) in [6.45, 7) is 0.332. The van der Waals surface area contributed by atoms with Crippen LogP contribution in [0.15, 0.2) is 40.9 Å². The number of halogens is 1. The number of sulfonamides is 1. The van der Waals surface area contributed by atoms with Crippen molar-refractivity contribution in [1.82, 2.24) is 0 Å². The van der Waals surface area contributed by atoms with Crippen LogP contribution in [-0.4, -0.2) is 20.8 Å². The highest BCUT2D eigenvalue weighted by molar-refractivity contribution is 9.10. The van der Waals surface area contributed by atoms with Gasteiger partial charge in [0.1, 0.15) is 5.75 Å². The second-order valence-electron chi connectivity index (χ2n) is 4.22. The molecule has 0 unspecified atom stereocenters. The lowest BCUT2D eigenvalue weighted by Crippen LogP contribution is -2.18. The maximum absolute atomic E-state index is 10.8. The number of fused-ring (bicyclic) bond motifs is 1. The summed E-state index contributed by atoms with van der Waals surface area (Å²) in [5, 5.41) is 7.11. The fourth-order valence-electron chi connectivity index (χ4n) is 1.73. The van der Waals surface area contributed by atoms with Crippen LogP contribution in [0, 0.1) is 0 Å². The molecule has 0 amide bonds. The molecule has 102 valence electrons. The lowest BCUT2D eigenvalue weighted by molar-refractivity contribution is 0.318. The predicted molar refractivity (Wildman–Crippen MR) is 79.7 cm³/mol. The normalized spacial score (nSPS) is 11.7. The van der Waals surface area contributed by atoms with Crippen LogP contribution in [0.4, 0.5) is 0 Å². The summed E-state index contributed by atoms with van der Waals surface area (Å²) in [5.41, 5.74) is 0. The summed E-state index contributed by atoms with van der Waals surface area (Å²) in [6.07, 6.45) is 0.386. The average Bonchev–Trinajstić information content (AvgIpc) is 2.33. The third-order valence-electron chi connectivity index (χ3n) is 2.62. The van der Waals surface area contributed by atoms with E-state index in [0.29, 0.717) is 13.0 Å². The van der Waals surface area contributed by atoms with E-state index in [-0.39, 0.29) is 5.75 Å². The maximum atomic E-state index is 10.8. The second-order valence-corrected chi connectivity index (χ2v) is 6.87. The molecule has 0 atom stereocenters. The summed E-state index contributed by atoms with van der Waals surface area (Å²) < 4.78 is 28.1. The van der Waals surface area contributed by atoms with Gasteiger partial charge in [0.25, 0.3) is 0 Å². The minimum atomic E-state index is -3.40. The summed E-state index contributed by atoms with van der Waals surface area (Å²) in [6, 6.07) is 11.8. The first-order valence-corrected chi connectivity index (χ1v) is 8.27. The van der Waals surface area contributed by atoms with Gasteiger partial charge in [0.15, 0.2) is 0 Å². The Morgan fingerprint density at radius 3 is 2.53 bits per heavy atom. The molecule has 0 fully saturated rings. The van der Waals surface area contributed by atoms with E-state index in [1.807, 2.05) is 36.4 Å². The predicted octanol–water partition coefficient (Wildman–Crippen LogP) is 2.66. The number of nitrogens with two attached hydrogens (primary N) is 1. The van der Waals surface area contributed by atoms with E-state index in [1.54, 1.807) is 0 Å². The van der Waals surface area contributed by atoms with E-state index in [4.69, 9.17) is 9.88 Å². The highest BCUT2D eigenvalue weighted by Gasteiger charge is 2.03. The molecule has 19 heavy (non-hydrogen) atoms. The van der Waals surface area contributed by atoms with Gasteiger partial charge in [0, 0.05) is 4.47 Å². The molecule has 0 aliphatic carbocycles. The van der Waals surface area contributed by atoms with Gasteiger partial charge >= 0.3 is 0 Å². The minimum absolute atomic E-state index is 0.0620. The topological polar surface area (TPSA) is 69.4 Å². The molecule has 0 saturated carbocycles. The Morgan fingerprint density at radius 1 is 1.11 bits per heavy atom. The molecule has 2 aromatic rings. The van der Waals surface area contributed by atoms with Crippen molar-refractivity contribution in [2.75, 3.05) is 12.4 Å². The molecule has 2 rings (SSSR count). The van der Waals surface area contributed by atoms with Gasteiger partial charge in [-0.2, -0.15) is 0 Å². The quantitative estimate of drug-likeness (QED) is 0.848. The van der Waals surface area contributed by atoms with Crippen LogP contribution in [0.5, 0.6) is 5.75 Å². The lowest BCUT2D eigenvalue weighted by Gasteiger charge is -2.07. The molecular weight excluding hydrogens is 330 g/mol. The first kappa shape index (κ1) is 14.3. The van der Waals surface area contributed by atoms with Crippen molar-refractivity contribution in [1.29, 1.82) is 0 Å². The number of primary sulfonamides is 1. The molecule has 0 radical (unpaired) electrons. The number of rotatable bonds is 5. The zero-order chi connectivity index (χ0) is 13.9. The fourth-order valence-corrected chi connectivity index (χ4v) is 2.63. The molecule has 0 heterocycles. The van der Waals surface area contributed by atoms with Crippen molar-refractivity contribution in [3.05, 3.63) is 40.9 Å². The molecule has 0 spiro atoms. The van der Waals surface area contributed by atoms with Crippen molar-refractivity contribution >= 4 is 36.7 Å². The van der Waals surface area contributed by atoms with E-state index in [0.717, 1.165) is 21.0 Å². The smallest absolute Gasteiger partial charge is 0.209 e. The zero-order valence-electron chi connectivity index (χ0n) is 10.2. The Balaban J connectivity index is 2.00. The second kappa shape index (κ2) is 5.90. The third kappa shape index (κ3) is 4.49. The molecule has 0 aliphatic rings. The Hall–Kier alpha value is -1.11. The van der Waals surface area contributed by atoms with E-state index < -0.39 is 10.0 Å². The maximum Gasteiger partial charge on any atom is 0.209 e. The third-order valence-corrected chi connectivity index (χ3v) is 3.97. The van der Waals surface area contributed by atoms with E-state index in [1.165, 1.54) is 0 Å². The first-order valence-electron chi connectivity index (χ1n) is 5.77. The Kier molecular flexibility index (Phi) is 4.44. The highest BCUT2D eigenvalue weighted by atomic mass is 79.9. The van der Waals surface area contributed by atoms with Crippen LogP contribution in [0.1, 0.15) is 6.42 Å². The van der Waals surface area contributed by atoms with Crippen LogP contribution in [0.3, 0.4) is 0 Å². The number of ether oxygens (including phenoxy) is 1. The van der Waals surface area contributed by atoms with Gasteiger partial charge in [0.05, 0.1) is 12.4 Å². The van der Waals surface area contributed by atoms with Crippen molar-refractivity contribution in [2.24, 2.45) is 5.14 Å². The minimum Gasteiger partial charge on any atom is -0.494 e. The molecule has 4 nitrogen and oxygen atoms in total. The summed E-state index contributed by atoms with van der Waals surface area (Å²) >= 11 is 3.42. The largest absolute Gasteiger partial charge is 0.494 e. The Labute approximate surface area is 120 Å². The molecule has 6 heteroatoms. The van der Waals surface area contributed by atoms with Crippen LogP contribution in [0.25, 0.3) is 10.8 Å². The molecule has 0 aliphatic heterocycles. The monoisotopic (exact) mass is 343 g/mol. The molecule has 2 aromatic carbocycles. The van der Waals surface area contributed by atoms with Crippen LogP contribution >= 0.6 is 15.9 Å². The van der Waals surface area contributed by atoms with Gasteiger partial charge in [-0.25, -0.2) is 13.6 Å². The SMILES string of the molecule is NS(=O)(=O)CCCOc1ccc2cc(Br)ccc2c1. The van der Waals surface area contributed by atoms with Gasteiger partial charge in [-0.05, 0) is 41.5 Å². The van der Waals surface area contributed by atoms with Gasteiger partial charge in [-0.3, -0.25) is 0 Å². The van der Waals surface area contributed by atoms with Gasteiger partial charge in [0.2, 0.25) is 10.0 Å². The van der Waals surface area contributed by atoms with Crippen molar-refractivity contribution in [2.45, 2.75) is 6.42 Å². The molecule has 2 N–H and O–H groups in total. The lowest BCUT2D eigenvalue weighted by atomic mass is 10.1. The van der Waals surface area contributed by atoms with Crippen molar-refractivity contribution in [3.63, 3.8) is 0 Å². The molecule has 0 saturated heterocycles. The van der Waals surface area contributed by atoms with Crippen LogP contribution in [-0.2, 0) is 10.0 Å². The zero-order valence-corrected chi connectivity index (χ0v) is 12.6. The Morgan fingerprint density at radius 2 is 1.79 bits per heavy atom. The Bertz CT molecular complexity index is 685. The number of benzene rings is 2. The van der Waals surface area contributed by atoms with Crippen LogP contribution in [0.2, 0.25) is 0 Å². The fraction of sp³-hybridized carbons (Fsp3) is 0.231. The number of hydrogen-bond donors (Lipinski definition) is 1. The molecular formula is C13H14BrNO3S. The van der Waals surface area contributed by atoms with Gasteiger partial charge in [-0.15, -0.1) is 0 Å². The van der Waals surface area contributed by atoms with Gasteiger partial charge in [-0.1, -0.05) is 28.1 Å². The molecule has 0 bridgehead atoms. The van der Waals surface area contributed by atoms with E-state index in [9.17, 15) is 8.42 Å².